The summed E-state index contributed by atoms with van der Waals surface area (Å²) < 4.78 is 0. The topological polar surface area (TPSA) is 0 Å². The average Bonchev–Trinajstić information content (AvgIpc) is 3.03. The normalized spacial score (nSPS) is 68.8. The van der Waals surface area contributed by atoms with Crippen molar-refractivity contribution >= 4 is 0 Å². The van der Waals surface area contributed by atoms with Gasteiger partial charge in [0.1, 0.15) is 0 Å². The summed E-state index contributed by atoms with van der Waals surface area (Å²) in [5, 5.41) is 0. The largest absolute Gasteiger partial charge is 0.0527 e. The van der Waals surface area contributed by atoms with Crippen LogP contribution in [-0.4, -0.2) is 0 Å². The van der Waals surface area contributed by atoms with Gasteiger partial charge in [-0.3, -0.25) is 0 Å². The molecule has 8 atom stereocenters. The number of hydrogen-bond donors (Lipinski definition) is 0. The van der Waals surface area contributed by atoms with Gasteiger partial charge in [0.15, 0.2) is 0 Å². The van der Waals surface area contributed by atoms with Gasteiger partial charge in [-0.05, 0) is 85.9 Å². The lowest BCUT2D eigenvalue weighted by Crippen LogP contribution is -2.35. The molecule has 5 aliphatic rings. The Balaban J connectivity index is 1.59. The molecule has 4 bridgehead atoms. The van der Waals surface area contributed by atoms with Crippen molar-refractivity contribution in [2.24, 2.45) is 47.3 Å². The molecule has 82 valence electrons. The molecule has 5 fully saturated rings. The zero-order valence-electron chi connectivity index (χ0n) is 9.57. The van der Waals surface area contributed by atoms with E-state index in [-0.39, 0.29) is 0 Å². The second-order valence-corrected chi connectivity index (χ2v) is 7.31. The molecule has 0 heteroatoms. The summed E-state index contributed by atoms with van der Waals surface area (Å²) in [4.78, 5) is 0. The monoisotopic (exact) mass is 202 g/mol. The fourth-order valence-electron chi connectivity index (χ4n) is 7.28. The molecule has 0 N–H and O–H groups in total. The van der Waals surface area contributed by atoms with Crippen LogP contribution in [0.1, 0.15) is 44.9 Å². The lowest BCUT2D eigenvalue weighted by molar-refractivity contribution is 0.0716. The number of hydrogen-bond acceptors (Lipinski definition) is 0. The summed E-state index contributed by atoms with van der Waals surface area (Å²) in [6.07, 6.45) is 11.4. The van der Waals surface area contributed by atoms with Crippen LogP contribution >= 0.6 is 0 Å². The van der Waals surface area contributed by atoms with Crippen LogP contribution in [0.2, 0.25) is 0 Å². The van der Waals surface area contributed by atoms with Crippen LogP contribution in [0.3, 0.4) is 0 Å². The van der Waals surface area contributed by atoms with Gasteiger partial charge in [-0.1, -0.05) is 6.42 Å². The molecule has 0 aliphatic heterocycles. The van der Waals surface area contributed by atoms with E-state index in [4.69, 9.17) is 0 Å². The first-order valence-corrected chi connectivity index (χ1v) is 7.43. The molecule has 0 aromatic heterocycles. The minimum atomic E-state index is 1.21. The van der Waals surface area contributed by atoms with Crippen LogP contribution in [0, 0.1) is 47.3 Å². The van der Waals surface area contributed by atoms with Crippen molar-refractivity contribution in [3.63, 3.8) is 0 Å². The van der Waals surface area contributed by atoms with Gasteiger partial charge in [-0.15, -0.1) is 0 Å². The lowest BCUT2D eigenvalue weighted by atomic mass is 9.64. The Labute approximate surface area is 92.8 Å². The van der Waals surface area contributed by atoms with Crippen LogP contribution < -0.4 is 0 Å². The molecule has 5 rings (SSSR count). The third-order valence-corrected chi connectivity index (χ3v) is 7.30. The van der Waals surface area contributed by atoms with Crippen molar-refractivity contribution in [2.75, 3.05) is 0 Å². The SMILES string of the molecule is C1CC2C3C[C@@H](C2C1)C1C3[C@@H]2CC[C@H]1C2. The molecule has 5 unspecified atom stereocenters. The Morgan fingerprint density at radius 2 is 1.13 bits per heavy atom. The minimum absolute atomic E-state index is 1.21. The van der Waals surface area contributed by atoms with Crippen LogP contribution in [0.15, 0.2) is 0 Å². The highest BCUT2D eigenvalue weighted by Gasteiger charge is 2.65. The smallest absolute Gasteiger partial charge is 0.0321 e. The Bertz CT molecular complexity index is 279. The van der Waals surface area contributed by atoms with Gasteiger partial charge in [0.25, 0.3) is 0 Å². The highest BCUT2D eigenvalue weighted by atomic mass is 14.7. The van der Waals surface area contributed by atoms with E-state index in [1.54, 1.807) is 44.9 Å². The molecule has 0 aromatic carbocycles. The first-order valence-electron chi connectivity index (χ1n) is 7.43. The van der Waals surface area contributed by atoms with Crippen molar-refractivity contribution in [1.29, 1.82) is 0 Å². The zero-order valence-corrected chi connectivity index (χ0v) is 9.57. The Morgan fingerprint density at radius 3 is 1.73 bits per heavy atom. The number of fused-ring (bicyclic) bond motifs is 12. The van der Waals surface area contributed by atoms with Gasteiger partial charge in [-0.25, -0.2) is 0 Å². The first kappa shape index (κ1) is 8.14. The van der Waals surface area contributed by atoms with Gasteiger partial charge >= 0.3 is 0 Å². The summed E-state index contributed by atoms with van der Waals surface area (Å²) >= 11 is 0. The molecular formula is C15H22. The Hall–Kier alpha value is 0. The van der Waals surface area contributed by atoms with Crippen LogP contribution in [-0.2, 0) is 0 Å². The van der Waals surface area contributed by atoms with Crippen molar-refractivity contribution in [3.05, 3.63) is 0 Å². The molecule has 0 aromatic rings. The van der Waals surface area contributed by atoms with E-state index in [1.807, 2.05) is 0 Å². The van der Waals surface area contributed by atoms with E-state index < -0.39 is 0 Å². The molecule has 5 aliphatic carbocycles. The predicted octanol–water partition coefficient (Wildman–Crippen LogP) is 3.71. The Kier molecular flexibility index (Phi) is 1.34. The second-order valence-electron chi connectivity index (χ2n) is 7.31. The van der Waals surface area contributed by atoms with E-state index in [0.717, 1.165) is 0 Å². The maximum absolute atomic E-state index is 1.68. The van der Waals surface area contributed by atoms with E-state index in [1.165, 1.54) is 47.3 Å². The maximum Gasteiger partial charge on any atom is -0.0321 e. The first-order chi connectivity index (χ1) is 7.43. The van der Waals surface area contributed by atoms with Gasteiger partial charge in [0.2, 0.25) is 0 Å². The lowest BCUT2D eigenvalue weighted by Gasteiger charge is -2.40. The van der Waals surface area contributed by atoms with Crippen molar-refractivity contribution in [1.82, 2.24) is 0 Å². The van der Waals surface area contributed by atoms with Gasteiger partial charge in [0.05, 0.1) is 0 Å². The van der Waals surface area contributed by atoms with E-state index >= 15 is 0 Å². The second kappa shape index (κ2) is 2.46. The molecule has 0 radical (unpaired) electrons. The highest BCUT2D eigenvalue weighted by Crippen LogP contribution is 2.72. The van der Waals surface area contributed by atoms with Gasteiger partial charge < -0.3 is 0 Å². The quantitative estimate of drug-likeness (QED) is 0.525. The molecular weight excluding hydrogens is 180 g/mol. The summed E-state index contributed by atoms with van der Waals surface area (Å²) in [5.74, 6) is 9.78. The van der Waals surface area contributed by atoms with E-state index in [2.05, 4.69) is 0 Å². The van der Waals surface area contributed by atoms with E-state index in [9.17, 15) is 0 Å². The van der Waals surface area contributed by atoms with Crippen molar-refractivity contribution < 1.29 is 0 Å². The molecule has 0 amide bonds. The van der Waals surface area contributed by atoms with Gasteiger partial charge in [0, 0.05) is 0 Å². The molecule has 0 spiro atoms. The van der Waals surface area contributed by atoms with Crippen LogP contribution in [0.4, 0.5) is 0 Å². The van der Waals surface area contributed by atoms with Gasteiger partial charge in [-0.2, -0.15) is 0 Å². The summed E-state index contributed by atoms with van der Waals surface area (Å²) in [6.45, 7) is 0. The van der Waals surface area contributed by atoms with Crippen LogP contribution in [0.5, 0.6) is 0 Å². The predicted molar refractivity (Wildman–Crippen MR) is 60.2 cm³/mol. The molecule has 0 heterocycles. The fourth-order valence-corrected chi connectivity index (χ4v) is 7.28. The summed E-state index contributed by atoms with van der Waals surface area (Å²) in [7, 11) is 0. The summed E-state index contributed by atoms with van der Waals surface area (Å²) in [6, 6.07) is 0. The maximum atomic E-state index is 1.68. The standard InChI is InChI=1S/C15H22/c1-2-10-11(3-1)13-7-12(10)14-8-4-5-9(6-8)15(13)14/h8-15H,1-7H2/t8-,9+,10?,11?,12-,13?,14?,15?/m0/s1. The van der Waals surface area contributed by atoms with Crippen molar-refractivity contribution in [3.8, 4) is 0 Å². The van der Waals surface area contributed by atoms with E-state index in [0.29, 0.717) is 0 Å². The fraction of sp³-hybridized carbons (Fsp3) is 1.00. The molecule has 5 saturated carbocycles. The van der Waals surface area contributed by atoms with Crippen molar-refractivity contribution in [2.45, 2.75) is 44.9 Å². The molecule has 0 saturated heterocycles. The Morgan fingerprint density at radius 1 is 0.533 bits per heavy atom. The summed E-state index contributed by atoms with van der Waals surface area (Å²) in [5.41, 5.74) is 0. The number of rotatable bonds is 0. The van der Waals surface area contributed by atoms with Crippen LogP contribution in [0.25, 0.3) is 0 Å². The zero-order chi connectivity index (χ0) is 9.57. The molecule has 15 heavy (non-hydrogen) atoms. The third-order valence-electron chi connectivity index (χ3n) is 7.30. The average molecular weight is 202 g/mol. The highest BCUT2D eigenvalue weighted by molar-refractivity contribution is 5.14. The molecule has 0 nitrogen and oxygen atoms in total. The minimum Gasteiger partial charge on any atom is -0.0527 e. The third kappa shape index (κ3) is 0.775.